The third kappa shape index (κ3) is 3.95. The number of carbonyl (C=O) groups excluding carboxylic acids is 2. The Hall–Kier alpha value is -2.14. The number of aliphatic hydroxyl groups is 1. The first-order chi connectivity index (χ1) is 10.5. The number of carbonyl (C=O) groups is 2. The molecule has 0 saturated carbocycles. The number of nitrogens with zero attached hydrogens (tertiary/aromatic N) is 1. The fourth-order valence-corrected chi connectivity index (χ4v) is 2.54. The summed E-state index contributed by atoms with van der Waals surface area (Å²) in [6.45, 7) is 3.06. The molecule has 2 N–H and O–H groups in total. The normalized spacial score (nSPS) is 19.4. The van der Waals surface area contributed by atoms with Gasteiger partial charge in [0.15, 0.2) is 0 Å². The average molecular weight is 302 g/mol. The van der Waals surface area contributed by atoms with Crippen molar-refractivity contribution in [3.05, 3.63) is 41.5 Å². The van der Waals surface area contributed by atoms with E-state index in [1.54, 1.807) is 55.3 Å². The van der Waals surface area contributed by atoms with Gasteiger partial charge in [-0.15, -0.1) is 0 Å². The predicted octanol–water partition coefficient (Wildman–Crippen LogP) is 1.29. The number of likely N-dealkylation sites (tertiary alicyclic amines) is 1. The van der Waals surface area contributed by atoms with Crippen molar-refractivity contribution in [2.24, 2.45) is 5.92 Å². The summed E-state index contributed by atoms with van der Waals surface area (Å²) in [5.41, 5.74) is 1.46. The van der Waals surface area contributed by atoms with Gasteiger partial charge in [-0.05, 0) is 37.1 Å². The molecule has 118 valence electrons. The van der Waals surface area contributed by atoms with Crippen molar-refractivity contribution in [2.45, 2.75) is 19.4 Å². The van der Waals surface area contributed by atoms with Crippen molar-refractivity contribution in [2.75, 3.05) is 20.1 Å². The third-order valence-electron chi connectivity index (χ3n) is 4.04. The number of aliphatic hydroxyl groups excluding tert-OH is 1. The number of benzene rings is 1. The highest BCUT2D eigenvalue weighted by atomic mass is 16.3. The minimum atomic E-state index is -0.376. The molecule has 5 nitrogen and oxygen atoms in total. The molecule has 0 spiro atoms. The van der Waals surface area contributed by atoms with Gasteiger partial charge in [0.2, 0.25) is 5.91 Å². The van der Waals surface area contributed by atoms with Gasteiger partial charge in [-0.1, -0.05) is 12.1 Å². The van der Waals surface area contributed by atoms with Gasteiger partial charge in [0.1, 0.15) is 0 Å². The van der Waals surface area contributed by atoms with Crippen molar-refractivity contribution in [1.29, 1.82) is 0 Å². The summed E-state index contributed by atoms with van der Waals surface area (Å²) in [4.78, 5) is 25.3. The molecular formula is C17H22N2O3. The van der Waals surface area contributed by atoms with Crippen LogP contribution in [0.15, 0.2) is 30.3 Å². The molecule has 1 fully saturated rings. The molecular weight excluding hydrogens is 280 g/mol. The molecule has 0 aliphatic carbocycles. The molecule has 0 bridgehead atoms. The largest absolute Gasteiger partial charge is 0.393 e. The zero-order chi connectivity index (χ0) is 16.1. The number of hydrogen-bond acceptors (Lipinski definition) is 3. The number of nitrogens with one attached hydrogen (secondary N) is 1. The lowest BCUT2D eigenvalue weighted by Crippen LogP contribution is -2.28. The van der Waals surface area contributed by atoms with Crippen LogP contribution in [0.5, 0.6) is 0 Å². The summed E-state index contributed by atoms with van der Waals surface area (Å²) < 4.78 is 0. The first-order valence-corrected chi connectivity index (χ1v) is 7.48. The van der Waals surface area contributed by atoms with E-state index in [-0.39, 0.29) is 23.8 Å². The Morgan fingerprint density at radius 1 is 1.36 bits per heavy atom. The Morgan fingerprint density at radius 2 is 2.05 bits per heavy atom. The molecule has 2 atom stereocenters. The van der Waals surface area contributed by atoms with Crippen LogP contribution in [0.2, 0.25) is 0 Å². The molecule has 22 heavy (non-hydrogen) atoms. The highest BCUT2D eigenvalue weighted by Crippen LogP contribution is 2.20. The van der Waals surface area contributed by atoms with Gasteiger partial charge >= 0.3 is 0 Å². The summed E-state index contributed by atoms with van der Waals surface area (Å²) in [7, 11) is 1.59. The van der Waals surface area contributed by atoms with Crippen LogP contribution < -0.4 is 5.32 Å². The van der Waals surface area contributed by atoms with Crippen LogP contribution in [0.25, 0.3) is 6.08 Å². The van der Waals surface area contributed by atoms with Gasteiger partial charge in [0.05, 0.1) is 6.10 Å². The summed E-state index contributed by atoms with van der Waals surface area (Å²) in [6, 6.07) is 7.05. The van der Waals surface area contributed by atoms with Crippen molar-refractivity contribution in [3.63, 3.8) is 0 Å². The highest BCUT2D eigenvalue weighted by Gasteiger charge is 2.27. The van der Waals surface area contributed by atoms with E-state index in [1.165, 1.54) is 0 Å². The lowest BCUT2D eigenvalue weighted by molar-refractivity contribution is -0.125. The summed E-state index contributed by atoms with van der Waals surface area (Å²) in [5, 5.41) is 12.1. The fraction of sp³-hybridized carbons (Fsp3) is 0.412. The van der Waals surface area contributed by atoms with E-state index in [1.807, 2.05) is 0 Å². The standard InChI is InChI=1S/C17H22N2O3/c1-12(20)15-9-10-19(11-15)16(21)8-5-13-3-6-14(7-4-13)17(22)18-2/h3-8,12,15,20H,9-11H2,1-2H3,(H,18,22)/b8-5+. The lowest BCUT2D eigenvalue weighted by Gasteiger charge is -2.15. The van der Waals surface area contributed by atoms with Crippen molar-refractivity contribution in [1.82, 2.24) is 10.2 Å². The molecule has 5 heteroatoms. The maximum atomic E-state index is 12.1. The molecule has 0 radical (unpaired) electrons. The molecule has 0 aromatic heterocycles. The zero-order valence-electron chi connectivity index (χ0n) is 13.0. The van der Waals surface area contributed by atoms with E-state index in [9.17, 15) is 14.7 Å². The SMILES string of the molecule is CNC(=O)c1ccc(/C=C/C(=O)N2CCC(C(C)O)C2)cc1. The first-order valence-electron chi connectivity index (χ1n) is 7.48. The second-order valence-corrected chi connectivity index (χ2v) is 5.61. The van der Waals surface area contributed by atoms with E-state index in [0.29, 0.717) is 18.7 Å². The smallest absolute Gasteiger partial charge is 0.251 e. The number of hydrogen-bond donors (Lipinski definition) is 2. The number of rotatable bonds is 4. The molecule has 1 aliphatic heterocycles. The van der Waals surface area contributed by atoms with E-state index < -0.39 is 0 Å². The second-order valence-electron chi connectivity index (χ2n) is 5.61. The maximum absolute atomic E-state index is 12.1. The molecule has 1 aliphatic rings. The molecule has 2 unspecified atom stereocenters. The maximum Gasteiger partial charge on any atom is 0.251 e. The highest BCUT2D eigenvalue weighted by molar-refractivity contribution is 5.94. The Balaban J connectivity index is 1.94. The van der Waals surface area contributed by atoms with Crippen LogP contribution >= 0.6 is 0 Å². The van der Waals surface area contributed by atoms with Gasteiger partial charge in [-0.3, -0.25) is 9.59 Å². The Morgan fingerprint density at radius 3 is 2.59 bits per heavy atom. The van der Waals surface area contributed by atoms with Crippen LogP contribution in [0.3, 0.4) is 0 Å². The first kappa shape index (κ1) is 16.2. The van der Waals surface area contributed by atoms with Gasteiger partial charge in [-0.2, -0.15) is 0 Å². The summed E-state index contributed by atoms with van der Waals surface area (Å²) >= 11 is 0. The van der Waals surface area contributed by atoms with E-state index in [2.05, 4.69) is 5.32 Å². The average Bonchev–Trinajstić information content (AvgIpc) is 3.02. The minimum absolute atomic E-state index is 0.0430. The van der Waals surface area contributed by atoms with Crippen molar-refractivity contribution >= 4 is 17.9 Å². The molecule has 1 heterocycles. The third-order valence-corrected chi connectivity index (χ3v) is 4.04. The Kier molecular flexibility index (Phi) is 5.33. The fourth-order valence-electron chi connectivity index (χ4n) is 2.54. The molecule has 2 amide bonds. The predicted molar refractivity (Wildman–Crippen MR) is 85.2 cm³/mol. The molecule has 1 aromatic rings. The summed E-state index contributed by atoms with van der Waals surface area (Å²) in [5.74, 6) is -0.00412. The minimum Gasteiger partial charge on any atom is -0.393 e. The van der Waals surface area contributed by atoms with Gasteiger partial charge in [0.25, 0.3) is 5.91 Å². The zero-order valence-corrected chi connectivity index (χ0v) is 13.0. The summed E-state index contributed by atoms with van der Waals surface area (Å²) in [6.07, 6.45) is 3.75. The van der Waals surface area contributed by atoms with Gasteiger partial charge in [-0.25, -0.2) is 0 Å². The van der Waals surface area contributed by atoms with Crippen LogP contribution in [0, 0.1) is 5.92 Å². The van der Waals surface area contributed by atoms with Crippen LogP contribution in [0.4, 0.5) is 0 Å². The number of amides is 2. The Labute approximate surface area is 130 Å². The van der Waals surface area contributed by atoms with Crippen LogP contribution in [-0.2, 0) is 4.79 Å². The lowest BCUT2D eigenvalue weighted by atomic mass is 10.0. The van der Waals surface area contributed by atoms with Crippen LogP contribution in [0.1, 0.15) is 29.3 Å². The van der Waals surface area contributed by atoms with E-state index in [0.717, 1.165) is 12.0 Å². The Bertz CT molecular complexity index is 564. The van der Waals surface area contributed by atoms with Gasteiger partial charge < -0.3 is 15.3 Å². The molecule has 1 aromatic carbocycles. The second kappa shape index (κ2) is 7.22. The molecule has 2 rings (SSSR count). The monoisotopic (exact) mass is 302 g/mol. The topological polar surface area (TPSA) is 69.6 Å². The van der Waals surface area contributed by atoms with Crippen molar-refractivity contribution < 1.29 is 14.7 Å². The van der Waals surface area contributed by atoms with E-state index >= 15 is 0 Å². The van der Waals surface area contributed by atoms with Gasteiger partial charge in [0, 0.05) is 37.7 Å². The van der Waals surface area contributed by atoms with Crippen LogP contribution in [-0.4, -0.2) is 48.1 Å². The molecule has 1 saturated heterocycles. The van der Waals surface area contributed by atoms with Crippen molar-refractivity contribution in [3.8, 4) is 0 Å². The quantitative estimate of drug-likeness (QED) is 0.823. The van der Waals surface area contributed by atoms with E-state index in [4.69, 9.17) is 0 Å².